The molecule has 2 heterocycles. The molecule has 1 amide bonds. The van der Waals surface area contributed by atoms with Gasteiger partial charge in [-0.3, -0.25) is 9.36 Å². The van der Waals surface area contributed by atoms with Gasteiger partial charge in [0.25, 0.3) is 0 Å². The number of rotatable bonds is 5. The molecule has 1 aliphatic rings. The Morgan fingerprint density at radius 1 is 1.18 bits per heavy atom. The largest absolute Gasteiger partial charge is 0.496 e. The summed E-state index contributed by atoms with van der Waals surface area (Å²) in [6, 6.07) is 17.4. The van der Waals surface area contributed by atoms with Gasteiger partial charge in [0.1, 0.15) is 17.9 Å². The molecule has 3 aromatic rings. The van der Waals surface area contributed by atoms with E-state index in [0.29, 0.717) is 24.8 Å². The molecule has 0 saturated carbocycles. The molecule has 0 spiro atoms. The Hall–Kier alpha value is -3.19. The predicted molar refractivity (Wildman–Crippen MR) is 104 cm³/mol. The minimum absolute atomic E-state index is 0.156. The number of para-hydroxylation sites is 1. The first kappa shape index (κ1) is 18.2. The SMILES string of the molecule is COc1ccccc1CNC(=O)C1(C)COCc2nnc(-c3ccccc3)n21. The predicted octanol–water partition coefficient (Wildman–Crippen LogP) is 2.52. The van der Waals surface area contributed by atoms with Gasteiger partial charge < -0.3 is 14.8 Å². The Balaban J connectivity index is 1.64. The quantitative estimate of drug-likeness (QED) is 0.738. The van der Waals surface area contributed by atoms with Crippen LogP contribution in [0.1, 0.15) is 18.3 Å². The van der Waals surface area contributed by atoms with Crippen LogP contribution in [0.25, 0.3) is 11.4 Å². The van der Waals surface area contributed by atoms with Crippen molar-refractivity contribution >= 4 is 5.91 Å². The van der Waals surface area contributed by atoms with E-state index in [4.69, 9.17) is 9.47 Å². The average molecular weight is 378 g/mol. The van der Waals surface area contributed by atoms with Crippen LogP contribution in [0.3, 0.4) is 0 Å². The van der Waals surface area contributed by atoms with Gasteiger partial charge in [-0.15, -0.1) is 10.2 Å². The van der Waals surface area contributed by atoms with Crippen LogP contribution in [0.15, 0.2) is 54.6 Å². The van der Waals surface area contributed by atoms with Crippen LogP contribution >= 0.6 is 0 Å². The minimum Gasteiger partial charge on any atom is -0.496 e. The van der Waals surface area contributed by atoms with Crippen molar-refractivity contribution in [3.05, 3.63) is 66.0 Å². The fraction of sp³-hybridized carbons (Fsp3) is 0.286. The van der Waals surface area contributed by atoms with Crippen molar-refractivity contribution < 1.29 is 14.3 Å². The molecule has 2 aromatic carbocycles. The molecule has 28 heavy (non-hydrogen) atoms. The normalized spacial score (nSPS) is 18.4. The number of nitrogens with one attached hydrogen (secondary N) is 1. The third kappa shape index (κ3) is 3.14. The highest BCUT2D eigenvalue weighted by Gasteiger charge is 2.42. The van der Waals surface area contributed by atoms with Gasteiger partial charge in [0.15, 0.2) is 11.6 Å². The van der Waals surface area contributed by atoms with Crippen LogP contribution in [0.5, 0.6) is 5.75 Å². The first-order valence-corrected chi connectivity index (χ1v) is 9.11. The van der Waals surface area contributed by atoms with Crippen LogP contribution in [0.4, 0.5) is 0 Å². The van der Waals surface area contributed by atoms with Gasteiger partial charge in [-0.25, -0.2) is 0 Å². The first-order valence-electron chi connectivity index (χ1n) is 9.11. The second-order valence-corrected chi connectivity index (χ2v) is 6.90. The van der Waals surface area contributed by atoms with Gasteiger partial charge in [0, 0.05) is 17.7 Å². The van der Waals surface area contributed by atoms with E-state index in [9.17, 15) is 4.79 Å². The summed E-state index contributed by atoms with van der Waals surface area (Å²) < 4.78 is 12.9. The van der Waals surface area contributed by atoms with Crippen LogP contribution in [0, 0.1) is 0 Å². The maximum atomic E-state index is 13.2. The number of benzene rings is 2. The number of fused-ring (bicyclic) bond motifs is 1. The van der Waals surface area contributed by atoms with Gasteiger partial charge in [-0.05, 0) is 13.0 Å². The highest BCUT2D eigenvalue weighted by atomic mass is 16.5. The number of ether oxygens (including phenoxy) is 2. The summed E-state index contributed by atoms with van der Waals surface area (Å²) in [5.74, 6) is 1.88. The molecule has 144 valence electrons. The van der Waals surface area contributed by atoms with Crippen LogP contribution in [-0.4, -0.2) is 34.4 Å². The second-order valence-electron chi connectivity index (χ2n) is 6.90. The van der Waals surface area contributed by atoms with E-state index in [1.54, 1.807) is 7.11 Å². The third-order valence-electron chi connectivity index (χ3n) is 4.99. The maximum Gasteiger partial charge on any atom is 0.248 e. The molecule has 1 aliphatic heterocycles. The zero-order valence-corrected chi connectivity index (χ0v) is 15.9. The lowest BCUT2D eigenvalue weighted by Crippen LogP contribution is -2.52. The summed E-state index contributed by atoms with van der Waals surface area (Å²) in [7, 11) is 1.62. The molecule has 1 aromatic heterocycles. The summed E-state index contributed by atoms with van der Waals surface area (Å²) in [6.07, 6.45) is 0. The van der Waals surface area contributed by atoms with E-state index in [1.807, 2.05) is 66.1 Å². The standard InChI is InChI=1S/C21H22N4O3/c1-21(20(26)22-12-16-10-6-7-11-17(16)27-2)14-28-13-18-23-24-19(25(18)21)15-8-4-3-5-9-15/h3-11H,12-14H2,1-2H3,(H,22,26). The number of hydrogen-bond acceptors (Lipinski definition) is 5. The van der Waals surface area contributed by atoms with Crippen molar-refractivity contribution in [3.8, 4) is 17.1 Å². The first-order chi connectivity index (χ1) is 13.6. The van der Waals surface area contributed by atoms with Gasteiger partial charge in [-0.2, -0.15) is 0 Å². The number of hydrogen-bond donors (Lipinski definition) is 1. The van der Waals surface area contributed by atoms with Crippen molar-refractivity contribution in [3.63, 3.8) is 0 Å². The molecule has 0 fully saturated rings. The summed E-state index contributed by atoms with van der Waals surface area (Å²) >= 11 is 0. The number of nitrogens with zero attached hydrogens (tertiary/aromatic N) is 3. The zero-order valence-electron chi connectivity index (χ0n) is 15.9. The van der Waals surface area contributed by atoms with Crippen molar-refractivity contribution in [2.45, 2.75) is 25.6 Å². The lowest BCUT2D eigenvalue weighted by Gasteiger charge is -2.35. The van der Waals surface area contributed by atoms with E-state index in [-0.39, 0.29) is 12.5 Å². The molecular weight excluding hydrogens is 356 g/mol. The summed E-state index contributed by atoms with van der Waals surface area (Å²) in [6.45, 7) is 2.78. The second kappa shape index (κ2) is 7.44. The number of carbonyl (C=O) groups excluding carboxylic acids is 1. The molecule has 0 saturated heterocycles. The number of aromatic nitrogens is 3. The Bertz CT molecular complexity index is 986. The fourth-order valence-corrected chi connectivity index (χ4v) is 3.49. The lowest BCUT2D eigenvalue weighted by molar-refractivity contribution is -0.135. The third-order valence-corrected chi connectivity index (χ3v) is 4.99. The van der Waals surface area contributed by atoms with E-state index in [1.165, 1.54) is 0 Å². The van der Waals surface area contributed by atoms with E-state index in [2.05, 4.69) is 15.5 Å². The topological polar surface area (TPSA) is 78.3 Å². The van der Waals surface area contributed by atoms with Crippen LogP contribution in [-0.2, 0) is 28.2 Å². The number of methoxy groups -OCH3 is 1. The van der Waals surface area contributed by atoms with E-state index < -0.39 is 5.54 Å². The Morgan fingerprint density at radius 2 is 1.93 bits per heavy atom. The summed E-state index contributed by atoms with van der Waals surface area (Å²) in [5.41, 5.74) is 0.863. The van der Waals surface area contributed by atoms with E-state index in [0.717, 1.165) is 16.9 Å². The molecular formula is C21H22N4O3. The summed E-state index contributed by atoms with van der Waals surface area (Å²) in [4.78, 5) is 13.2. The van der Waals surface area contributed by atoms with Gasteiger partial charge >= 0.3 is 0 Å². The maximum absolute atomic E-state index is 13.2. The fourth-order valence-electron chi connectivity index (χ4n) is 3.49. The monoisotopic (exact) mass is 378 g/mol. The molecule has 0 radical (unpaired) electrons. The number of carbonyl (C=O) groups is 1. The molecule has 7 heteroatoms. The smallest absolute Gasteiger partial charge is 0.248 e. The van der Waals surface area contributed by atoms with Crippen molar-refractivity contribution in [1.29, 1.82) is 0 Å². The van der Waals surface area contributed by atoms with Gasteiger partial charge in [0.2, 0.25) is 5.91 Å². The van der Waals surface area contributed by atoms with Crippen molar-refractivity contribution in [1.82, 2.24) is 20.1 Å². The average Bonchev–Trinajstić information content (AvgIpc) is 3.18. The summed E-state index contributed by atoms with van der Waals surface area (Å²) in [5, 5.41) is 11.6. The van der Waals surface area contributed by atoms with Gasteiger partial charge in [-0.1, -0.05) is 48.5 Å². The number of amides is 1. The molecule has 0 bridgehead atoms. The molecule has 4 rings (SSSR count). The van der Waals surface area contributed by atoms with Gasteiger partial charge in [0.05, 0.1) is 13.7 Å². The van der Waals surface area contributed by atoms with Crippen molar-refractivity contribution in [2.24, 2.45) is 0 Å². The molecule has 1 atom stereocenters. The van der Waals surface area contributed by atoms with Crippen LogP contribution in [0.2, 0.25) is 0 Å². The highest BCUT2D eigenvalue weighted by Crippen LogP contribution is 2.31. The Labute approximate surface area is 163 Å². The Kier molecular flexibility index (Phi) is 4.83. The van der Waals surface area contributed by atoms with E-state index >= 15 is 0 Å². The lowest BCUT2D eigenvalue weighted by atomic mass is 9.99. The Morgan fingerprint density at radius 3 is 2.71 bits per heavy atom. The van der Waals surface area contributed by atoms with Crippen molar-refractivity contribution in [2.75, 3.05) is 13.7 Å². The highest BCUT2D eigenvalue weighted by molar-refractivity contribution is 5.85. The minimum atomic E-state index is -0.954. The molecule has 1 unspecified atom stereocenters. The molecule has 7 nitrogen and oxygen atoms in total. The molecule has 0 aliphatic carbocycles. The molecule has 1 N–H and O–H groups in total. The van der Waals surface area contributed by atoms with Crippen LogP contribution < -0.4 is 10.1 Å². The zero-order chi connectivity index (χ0) is 19.6.